The second-order valence-electron chi connectivity index (χ2n) is 12.1. The molecule has 0 aromatic heterocycles. The second-order valence-corrected chi connectivity index (χ2v) is 12.1. The van der Waals surface area contributed by atoms with Crippen LogP contribution in [0.2, 0.25) is 0 Å². The Balaban J connectivity index is 1.27. The molecule has 0 unspecified atom stereocenters. The third-order valence-electron chi connectivity index (χ3n) is 8.53. The zero-order valence-electron chi connectivity index (χ0n) is 26.5. The highest BCUT2D eigenvalue weighted by Crippen LogP contribution is 2.33. The Morgan fingerprint density at radius 1 is 0.979 bits per heavy atom. The Labute approximate surface area is 273 Å². The molecule has 12 heteroatoms. The first-order valence-corrected chi connectivity index (χ1v) is 15.8. The Morgan fingerprint density at radius 2 is 1.62 bits per heavy atom. The van der Waals surface area contributed by atoms with Gasteiger partial charge >= 0.3 is 6.09 Å². The second kappa shape index (κ2) is 15.9. The minimum absolute atomic E-state index is 0.0236. The number of aliphatic hydroxyl groups is 1. The summed E-state index contributed by atoms with van der Waals surface area (Å²) >= 11 is 0. The van der Waals surface area contributed by atoms with Gasteiger partial charge in [0.1, 0.15) is 11.9 Å². The fraction of sp³-hybridized carbons (Fsp3) is 0.429. The van der Waals surface area contributed by atoms with Gasteiger partial charge in [0.25, 0.3) is 11.6 Å². The molecular weight excluding hydrogens is 606 g/mol. The van der Waals surface area contributed by atoms with Gasteiger partial charge in [-0.25, -0.2) is 4.79 Å². The maximum atomic E-state index is 13.2. The Bertz CT molecular complexity index is 1500. The molecule has 6 atom stereocenters. The van der Waals surface area contributed by atoms with Crippen molar-refractivity contribution >= 4 is 17.7 Å². The highest BCUT2D eigenvalue weighted by molar-refractivity contribution is 5.78. The molecule has 0 saturated carbocycles. The van der Waals surface area contributed by atoms with Crippen LogP contribution in [-0.2, 0) is 31.8 Å². The number of ether oxygens (including phenoxy) is 4. The number of aliphatic hydroxyl groups excluding tert-OH is 1. The summed E-state index contributed by atoms with van der Waals surface area (Å²) in [4.78, 5) is 37.0. The molecule has 2 fully saturated rings. The molecule has 0 bridgehead atoms. The summed E-state index contributed by atoms with van der Waals surface area (Å²) in [6.07, 6.45) is -0.892. The summed E-state index contributed by atoms with van der Waals surface area (Å²) in [5, 5.41) is 28.7. The molecule has 2 aliphatic heterocycles. The van der Waals surface area contributed by atoms with Gasteiger partial charge in [-0.1, -0.05) is 60.7 Å². The summed E-state index contributed by atoms with van der Waals surface area (Å²) < 4.78 is 22.7. The average molecular weight is 648 g/mol. The van der Waals surface area contributed by atoms with Crippen molar-refractivity contribution in [2.75, 3.05) is 19.8 Å². The standard InChI is InChI=1S/C35H41N3O9/c1-22-15-27(38(42)43)16-23(2)33(22)45-21-32(40)36-26(17-24-9-5-3-6-10-24)19-30(39)29(18-25-11-7-4-8-12-25)37-35(41)47-31-20-46-34-28(31)13-14-44-34/h3-12,15-16,26,28-31,34,39H,13-14,17-21H2,1-2H3,(H,36,40)(H,37,41)/t26-,28-,29-,30-,31-,34+/m0/s1. The quantitative estimate of drug-likeness (QED) is 0.173. The van der Waals surface area contributed by atoms with E-state index in [1.54, 1.807) is 13.8 Å². The van der Waals surface area contributed by atoms with Crippen LogP contribution in [0.4, 0.5) is 10.5 Å². The lowest BCUT2D eigenvalue weighted by atomic mass is 9.93. The fourth-order valence-corrected chi connectivity index (χ4v) is 6.24. The summed E-state index contributed by atoms with van der Waals surface area (Å²) in [6.45, 7) is 3.85. The molecule has 47 heavy (non-hydrogen) atoms. The molecule has 2 amide bonds. The van der Waals surface area contributed by atoms with Crippen molar-refractivity contribution in [1.82, 2.24) is 10.6 Å². The maximum absolute atomic E-state index is 13.2. The Hall–Kier alpha value is -4.52. The minimum atomic E-state index is -1.06. The number of nitro benzene ring substituents is 1. The topological polar surface area (TPSA) is 158 Å². The van der Waals surface area contributed by atoms with Crippen LogP contribution in [-0.4, -0.2) is 72.4 Å². The highest BCUT2D eigenvalue weighted by Gasteiger charge is 2.44. The van der Waals surface area contributed by atoms with Crippen LogP contribution in [0, 0.1) is 29.9 Å². The zero-order chi connectivity index (χ0) is 33.3. The normalized spacial score (nSPS) is 20.4. The van der Waals surface area contributed by atoms with Crippen LogP contribution < -0.4 is 15.4 Å². The number of hydrogen-bond donors (Lipinski definition) is 3. The van der Waals surface area contributed by atoms with Crippen LogP contribution in [0.3, 0.4) is 0 Å². The Morgan fingerprint density at radius 3 is 2.26 bits per heavy atom. The van der Waals surface area contributed by atoms with E-state index >= 15 is 0 Å². The van der Waals surface area contributed by atoms with Gasteiger partial charge in [-0.2, -0.15) is 0 Å². The Kier molecular flexibility index (Phi) is 11.4. The number of nitrogens with one attached hydrogen (secondary N) is 2. The third-order valence-corrected chi connectivity index (χ3v) is 8.53. The van der Waals surface area contributed by atoms with E-state index in [0.717, 1.165) is 17.5 Å². The number of hydrogen-bond acceptors (Lipinski definition) is 9. The number of fused-ring (bicyclic) bond motifs is 1. The number of benzene rings is 3. The minimum Gasteiger partial charge on any atom is -0.483 e. The zero-order valence-corrected chi connectivity index (χ0v) is 26.5. The van der Waals surface area contributed by atoms with Crippen molar-refractivity contribution in [1.29, 1.82) is 0 Å². The lowest BCUT2D eigenvalue weighted by Crippen LogP contribution is -2.50. The summed E-state index contributed by atoms with van der Waals surface area (Å²) in [5.41, 5.74) is 2.90. The van der Waals surface area contributed by atoms with Crippen molar-refractivity contribution in [2.45, 2.75) is 70.1 Å². The molecule has 0 radical (unpaired) electrons. The molecular formula is C35H41N3O9. The number of aryl methyl sites for hydroxylation is 2. The van der Waals surface area contributed by atoms with Crippen molar-refractivity contribution in [2.24, 2.45) is 5.92 Å². The molecule has 2 aliphatic rings. The van der Waals surface area contributed by atoms with Crippen molar-refractivity contribution < 1.29 is 38.6 Å². The van der Waals surface area contributed by atoms with E-state index in [9.17, 15) is 24.8 Å². The molecule has 2 heterocycles. The number of amides is 2. The van der Waals surface area contributed by atoms with E-state index in [4.69, 9.17) is 18.9 Å². The van der Waals surface area contributed by atoms with Gasteiger partial charge in [0.2, 0.25) is 0 Å². The first kappa shape index (κ1) is 33.8. The van der Waals surface area contributed by atoms with Gasteiger partial charge in [0.15, 0.2) is 12.9 Å². The van der Waals surface area contributed by atoms with Crippen LogP contribution in [0.1, 0.15) is 35.1 Å². The van der Waals surface area contributed by atoms with E-state index < -0.39 is 41.2 Å². The molecule has 250 valence electrons. The van der Waals surface area contributed by atoms with Gasteiger partial charge in [-0.15, -0.1) is 0 Å². The third kappa shape index (κ3) is 9.28. The van der Waals surface area contributed by atoms with E-state index in [0.29, 0.717) is 36.3 Å². The number of carbonyl (C=O) groups is 2. The summed E-state index contributed by atoms with van der Waals surface area (Å²) in [7, 11) is 0. The van der Waals surface area contributed by atoms with Crippen molar-refractivity contribution in [3.05, 3.63) is 105 Å². The van der Waals surface area contributed by atoms with Crippen LogP contribution >= 0.6 is 0 Å². The summed E-state index contributed by atoms with van der Waals surface area (Å²) in [6, 6.07) is 20.6. The van der Waals surface area contributed by atoms with E-state index in [-0.39, 0.29) is 37.5 Å². The number of nitrogens with zero attached hydrogens (tertiary/aromatic N) is 1. The monoisotopic (exact) mass is 647 g/mol. The van der Waals surface area contributed by atoms with Gasteiger partial charge in [-0.3, -0.25) is 14.9 Å². The van der Waals surface area contributed by atoms with Crippen LogP contribution in [0.25, 0.3) is 0 Å². The number of rotatable bonds is 14. The van der Waals surface area contributed by atoms with Crippen LogP contribution in [0.15, 0.2) is 72.8 Å². The predicted molar refractivity (Wildman–Crippen MR) is 172 cm³/mol. The van der Waals surface area contributed by atoms with E-state index in [1.807, 2.05) is 60.7 Å². The van der Waals surface area contributed by atoms with Gasteiger partial charge < -0.3 is 34.7 Å². The number of nitro groups is 1. The van der Waals surface area contributed by atoms with E-state index in [1.165, 1.54) is 12.1 Å². The lowest BCUT2D eigenvalue weighted by Gasteiger charge is -2.29. The molecule has 3 aromatic rings. The highest BCUT2D eigenvalue weighted by atomic mass is 16.7. The fourth-order valence-electron chi connectivity index (χ4n) is 6.24. The number of non-ortho nitro benzene ring substituents is 1. The molecule has 3 N–H and O–H groups in total. The van der Waals surface area contributed by atoms with Gasteiger partial charge in [0.05, 0.1) is 36.2 Å². The maximum Gasteiger partial charge on any atom is 0.407 e. The first-order valence-electron chi connectivity index (χ1n) is 15.8. The molecule has 5 rings (SSSR count). The molecule has 3 aromatic carbocycles. The van der Waals surface area contributed by atoms with E-state index in [2.05, 4.69) is 10.6 Å². The predicted octanol–water partition coefficient (Wildman–Crippen LogP) is 4.17. The number of carbonyl (C=O) groups excluding carboxylic acids is 2. The number of alkyl carbamates (subject to hydrolysis) is 1. The molecule has 12 nitrogen and oxygen atoms in total. The first-order chi connectivity index (χ1) is 22.7. The molecule has 0 spiro atoms. The lowest BCUT2D eigenvalue weighted by molar-refractivity contribution is -0.385. The van der Waals surface area contributed by atoms with Gasteiger partial charge in [0, 0.05) is 18.2 Å². The van der Waals surface area contributed by atoms with Crippen molar-refractivity contribution in [3.8, 4) is 5.75 Å². The molecule has 2 saturated heterocycles. The molecule has 0 aliphatic carbocycles. The van der Waals surface area contributed by atoms with Crippen molar-refractivity contribution in [3.63, 3.8) is 0 Å². The largest absolute Gasteiger partial charge is 0.483 e. The van der Waals surface area contributed by atoms with Crippen LogP contribution in [0.5, 0.6) is 5.75 Å². The summed E-state index contributed by atoms with van der Waals surface area (Å²) in [5.74, 6) is -0.0412. The van der Waals surface area contributed by atoms with Gasteiger partial charge in [-0.05, 0) is 61.8 Å². The SMILES string of the molecule is Cc1cc([N+](=O)[O-])cc(C)c1OCC(=O)N[C@@H](Cc1ccccc1)C[C@H](O)[C@H](Cc1ccccc1)NC(=O)O[C@H]1CO[C@H]2OCC[C@H]21. The average Bonchev–Trinajstić information content (AvgIpc) is 3.66. The smallest absolute Gasteiger partial charge is 0.407 e.